The Hall–Kier alpha value is -2.30. The fourth-order valence-corrected chi connectivity index (χ4v) is 3.93. The lowest BCUT2D eigenvalue weighted by molar-refractivity contribution is -0.133. The Labute approximate surface area is 175 Å². The van der Waals surface area contributed by atoms with Gasteiger partial charge in [0, 0.05) is 31.6 Å². The van der Waals surface area contributed by atoms with E-state index in [4.69, 9.17) is 4.52 Å². The standard InChI is InChI=1S/C24H35N3O2/c1-5-14-27(21(28)17-24(2,3)4)18-20-22(19-12-8-6-9-13-19)25-29-23(20)26-15-10-7-11-16-26/h6,8-9,12-13H,5,7,10-11,14-18H2,1-4H3. The van der Waals surface area contributed by atoms with Gasteiger partial charge in [0.05, 0.1) is 12.1 Å². The molecule has 1 aliphatic rings. The number of hydrogen-bond donors (Lipinski definition) is 0. The summed E-state index contributed by atoms with van der Waals surface area (Å²) in [5.41, 5.74) is 2.90. The van der Waals surface area contributed by atoms with E-state index in [1.165, 1.54) is 19.3 Å². The highest BCUT2D eigenvalue weighted by Gasteiger charge is 2.28. The zero-order valence-electron chi connectivity index (χ0n) is 18.4. The number of nitrogens with zero attached hydrogens (tertiary/aromatic N) is 3. The average molecular weight is 398 g/mol. The maximum Gasteiger partial charge on any atom is 0.232 e. The van der Waals surface area contributed by atoms with Crippen molar-refractivity contribution in [1.82, 2.24) is 10.1 Å². The minimum atomic E-state index is -0.0321. The molecular weight excluding hydrogens is 362 g/mol. The van der Waals surface area contributed by atoms with E-state index in [0.29, 0.717) is 13.0 Å². The maximum atomic E-state index is 13.1. The molecule has 0 atom stereocenters. The summed E-state index contributed by atoms with van der Waals surface area (Å²) in [4.78, 5) is 17.4. The molecule has 1 aliphatic heterocycles. The molecule has 0 unspecified atom stereocenters. The van der Waals surface area contributed by atoms with Gasteiger partial charge in [0.25, 0.3) is 0 Å². The molecule has 5 nitrogen and oxygen atoms in total. The monoisotopic (exact) mass is 397 g/mol. The smallest absolute Gasteiger partial charge is 0.232 e. The first kappa shape index (κ1) is 21.4. The van der Waals surface area contributed by atoms with Gasteiger partial charge in [0.1, 0.15) is 5.69 Å². The molecule has 1 fully saturated rings. The van der Waals surface area contributed by atoms with E-state index in [1.807, 2.05) is 23.1 Å². The van der Waals surface area contributed by atoms with Crippen LogP contribution in [0.15, 0.2) is 34.9 Å². The van der Waals surface area contributed by atoms with E-state index in [1.54, 1.807) is 0 Å². The van der Waals surface area contributed by atoms with Crippen LogP contribution in [-0.4, -0.2) is 35.6 Å². The minimum Gasteiger partial charge on any atom is -0.340 e. The van der Waals surface area contributed by atoms with E-state index in [9.17, 15) is 4.79 Å². The first-order valence-electron chi connectivity index (χ1n) is 11.0. The summed E-state index contributed by atoms with van der Waals surface area (Å²) in [6.07, 6.45) is 5.07. The molecule has 1 aromatic heterocycles. The van der Waals surface area contributed by atoms with Gasteiger partial charge >= 0.3 is 0 Å². The Morgan fingerprint density at radius 2 is 1.83 bits per heavy atom. The second-order valence-corrected chi connectivity index (χ2v) is 9.28. The van der Waals surface area contributed by atoms with E-state index < -0.39 is 0 Å². The molecule has 1 saturated heterocycles. The first-order valence-corrected chi connectivity index (χ1v) is 11.0. The summed E-state index contributed by atoms with van der Waals surface area (Å²) >= 11 is 0. The van der Waals surface area contributed by atoms with Crippen molar-refractivity contribution in [3.8, 4) is 11.3 Å². The van der Waals surface area contributed by atoms with Crippen molar-refractivity contribution in [3.63, 3.8) is 0 Å². The topological polar surface area (TPSA) is 49.6 Å². The molecule has 2 aromatic rings. The van der Waals surface area contributed by atoms with E-state index in [2.05, 4.69) is 49.9 Å². The quantitative estimate of drug-likeness (QED) is 0.618. The summed E-state index contributed by atoms with van der Waals surface area (Å²) in [7, 11) is 0. The van der Waals surface area contributed by atoms with Crippen molar-refractivity contribution >= 4 is 11.8 Å². The molecule has 0 aliphatic carbocycles. The number of anilines is 1. The van der Waals surface area contributed by atoms with Gasteiger partial charge in [-0.15, -0.1) is 0 Å². The van der Waals surface area contributed by atoms with Crippen LogP contribution in [-0.2, 0) is 11.3 Å². The first-order chi connectivity index (χ1) is 13.9. The lowest BCUT2D eigenvalue weighted by Gasteiger charge is -2.29. The van der Waals surface area contributed by atoms with E-state index >= 15 is 0 Å². The third-order valence-corrected chi connectivity index (χ3v) is 5.33. The summed E-state index contributed by atoms with van der Waals surface area (Å²) in [6.45, 7) is 11.7. The van der Waals surface area contributed by atoms with Crippen LogP contribution in [0.3, 0.4) is 0 Å². The van der Waals surface area contributed by atoms with Crippen molar-refractivity contribution in [1.29, 1.82) is 0 Å². The van der Waals surface area contributed by atoms with Crippen molar-refractivity contribution < 1.29 is 9.32 Å². The molecule has 0 radical (unpaired) electrons. The molecule has 0 saturated carbocycles. The molecule has 1 aromatic carbocycles. The molecule has 5 heteroatoms. The fraction of sp³-hybridized carbons (Fsp3) is 0.583. The highest BCUT2D eigenvalue weighted by Crippen LogP contribution is 2.34. The van der Waals surface area contributed by atoms with Crippen LogP contribution in [0.5, 0.6) is 0 Å². The number of rotatable bonds is 7. The molecule has 2 heterocycles. The Morgan fingerprint density at radius 3 is 2.45 bits per heavy atom. The van der Waals surface area contributed by atoms with Gasteiger partial charge in [-0.2, -0.15) is 0 Å². The number of amides is 1. The molecule has 1 amide bonds. The molecule has 3 rings (SSSR count). The van der Waals surface area contributed by atoms with Crippen LogP contribution < -0.4 is 4.90 Å². The predicted octanol–water partition coefficient (Wildman–Crippen LogP) is 5.51. The van der Waals surface area contributed by atoms with Crippen LogP contribution >= 0.6 is 0 Å². The number of piperidine rings is 1. The van der Waals surface area contributed by atoms with Gasteiger partial charge in [0.2, 0.25) is 11.8 Å². The third-order valence-electron chi connectivity index (χ3n) is 5.33. The summed E-state index contributed by atoms with van der Waals surface area (Å²) in [5.74, 6) is 1.04. The van der Waals surface area contributed by atoms with Gasteiger partial charge in [-0.05, 0) is 31.1 Å². The number of hydrogen-bond acceptors (Lipinski definition) is 4. The van der Waals surface area contributed by atoms with Crippen LogP contribution in [0, 0.1) is 5.41 Å². The lowest BCUT2D eigenvalue weighted by atomic mass is 9.91. The Bertz CT molecular complexity index is 786. The summed E-state index contributed by atoms with van der Waals surface area (Å²) < 4.78 is 5.89. The molecule has 0 bridgehead atoms. The summed E-state index contributed by atoms with van der Waals surface area (Å²) in [6, 6.07) is 10.2. The second-order valence-electron chi connectivity index (χ2n) is 9.28. The number of benzene rings is 1. The van der Waals surface area contributed by atoms with Crippen molar-refractivity contribution in [2.45, 2.75) is 66.3 Å². The van der Waals surface area contributed by atoms with Gasteiger partial charge in [-0.3, -0.25) is 4.79 Å². The van der Waals surface area contributed by atoms with E-state index in [-0.39, 0.29) is 11.3 Å². The third kappa shape index (κ3) is 5.62. The van der Waals surface area contributed by atoms with Crippen molar-refractivity contribution in [2.24, 2.45) is 5.41 Å². The highest BCUT2D eigenvalue weighted by molar-refractivity contribution is 5.78. The fourth-order valence-electron chi connectivity index (χ4n) is 3.93. The van der Waals surface area contributed by atoms with Gasteiger partial charge < -0.3 is 14.3 Å². The zero-order chi connectivity index (χ0) is 20.9. The summed E-state index contributed by atoms with van der Waals surface area (Å²) in [5, 5.41) is 4.45. The highest BCUT2D eigenvalue weighted by atomic mass is 16.5. The van der Waals surface area contributed by atoms with Crippen LogP contribution in [0.25, 0.3) is 11.3 Å². The maximum absolute atomic E-state index is 13.1. The Balaban J connectivity index is 1.95. The Morgan fingerprint density at radius 1 is 1.14 bits per heavy atom. The number of carbonyl (C=O) groups is 1. The van der Waals surface area contributed by atoms with Gasteiger partial charge in [-0.25, -0.2) is 0 Å². The SMILES string of the molecule is CCCN(Cc1c(-c2ccccc2)noc1N1CCCCC1)C(=O)CC(C)(C)C. The molecule has 0 N–H and O–H groups in total. The number of aromatic nitrogens is 1. The zero-order valence-corrected chi connectivity index (χ0v) is 18.4. The normalized spacial score (nSPS) is 14.8. The van der Waals surface area contributed by atoms with Gasteiger partial charge in [-0.1, -0.05) is 63.2 Å². The minimum absolute atomic E-state index is 0.0321. The van der Waals surface area contributed by atoms with Crippen LogP contribution in [0.2, 0.25) is 0 Å². The van der Waals surface area contributed by atoms with Crippen molar-refractivity contribution in [3.05, 3.63) is 35.9 Å². The molecule has 158 valence electrons. The van der Waals surface area contributed by atoms with Crippen LogP contribution in [0.4, 0.5) is 5.88 Å². The molecule has 0 spiro atoms. The average Bonchev–Trinajstić information content (AvgIpc) is 3.11. The van der Waals surface area contributed by atoms with E-state index in [0.717, 1.165) is 48.8 Å². The second kappa shape index (κ2) is 9.47. The number of carbonyl (C=O) groups excluding carboxylic acids is 1. The van der Waals surface area contributed by atoms with Crippen LogP contribution in [0.1, 0.15) is 65.4 Å². The molecular formula is C24H35N3O2. The lowest BCUT2D eigenvalue weighted by Crippen LogP contribution is -2.35. The van der Waals surface area contributed by atoms with Gasteiger partial charge in [0.15, 0.2) is 0 Å². The Kier molecular flexibility index (Phi) is 6.99. The largest absolute Gasteiger partial charge is 0.340 e. The predicted molar refractivity (Wildman–Crippen MR) is 118 cm³/mol. The van der Waals surface area contributed by atoms with Crippen molar-refractivity contribution in [2.75, 3.05) is 24.5 Å². The molecule has 29 heavy (non-hydrogen) atoms.